The predicted octanol–water partition coefficient (Wildman–Crippen LogP) is 3.80. The van der Waals surface area contributed by atoms with Gasteiger partial charge in [-0.15, -0.1) is 0 Å². The molecule has 0 unspecified atom stereocenters. The molecule has 1 aromatic carbocycles. The van der Waals surface area contributed by atoms with Crippen LogP contribution in [0.4, 0.5) is 5.69 Å². The molecule has 0 spiro atoms. The van der Waals surface area contributed by atoms with Crippen molar-refractivity contribution in [3.8, 4) is 0 Å². The molecule has 2 aliphatic rings. The number of rotatable bonds is 2. The smallest absolute Gasteiger partial charge is 0.335 e. The predicted molar refractivity (Wildman–Crippen MR) is 91.4 cm³/mol. The molecule has 120 valence electrons. The summed E-state index contributed by atoms with van der Waals surface area (Å²) in [7, 11) is 0. The molecule has 0 radical (unpaired) electrons. The van der Waals surface area contributed by atoms with E-state index in [9.17, 15) is 9.90 Å². The summed E-state index contributed by atoms with van der Waals surface area (Å²) in [6.45, 7) is 2.14. The van der Waals surface area contributed by atoms with Crippen LogP contribution < -0.4 is 4.90 Å². The van der Waals surface area contributed by atoms with Crippen LogP contribution in [0.2, 0.25) is 0 Å². The summed E-state index contributed by atoms with van der Waals surface area (Å²) in [6, 6.07) is 5.37. The van der Waals surface area contributed by atoms with Crippen LogP contribution in [0.15, 0.2) is 18.2 Å². The van der Waals surface area contributed by atoms with Crippen molar-refractivity contribution in [1.29, 1.82) is 0 Å². The average molecular weight is 310 g/mol. The van der Waals surface area contributed by atoms with Gasteiger partial charge in [0.05, 0.1) is 16.8 Å². The third-order valence-corrected chi connectivity index (χ3v) is 5.15. The van der Waals surface area contributed by atoms with E-state index in [0.29, 0.717) is 5.56 Å². The second-order valence-corrected chi connectivity index (χ2v) is 6.68. The van der Waals surface area contributed by atoms with Gasteiger partial charge in [0.1, 0.15) is 0 Å². The Labute approximate surface area is 136 Å². The van der Waals surface area contributed by atoms with Gasteiger partial charge in [0.2, 0.25) is 0 Å². The Hall–Kier alpha value is -2.10. The Morgan fingerprint density at radius 1 is 1.04 bits per heavy atom. The van der Waals surface area contributed by atoms with Crippen molar-refractivity contribution in [2.75, 3.05) is 18.0 Å². The largest absolute Gasteiger partial charge is 0.478 e. The molecular weight excluding hydrogens is 288 g/mol. The molecule has 23 heavy (non-hydrogen) atoms. The third kappa shape index (κ3) is 2.56. The highest BCUT2D eigenvalue weighted by Crippen LogP contribution is 2.38. The van der Waals surface area contributed by atoms with Gasteiger partial charge in [-0.3, -0.25) is 4.98 Å². The fraction of sp³-hybridized carbons (Fsp3) is 0.474. The van der Waals surface area contributed by atoms with Gasteiger partial charge in [0, 0.05) is 24.2 Å². The molecule has 1 N–H and O–H groups in total. The fourth-order valence-electron chi connectivity index (χ4n) is 4.03. The number of nitrogens with zero attached hydrogens (tertiary/aromatic N) is 2. The number of benzene rings is 1. The molecule has 4 heteroatoms. The highest BCUT2D eigenvalue weighted by atomic mass is 16.4. The summed E-state index contributed by atoms with van der Waals surface area (Å²) in [5, 5.41) is 10.4. The van der Waals surface area contributed by atoms with Gasteiger partial charge in [-0.1, -0.05) is 12.8 Å². The Balaban J connectivity index is 1.94. The van der Waals surface area contributed by atoms with Crippen LogP contribution in [0.1, 0.15) is 53.7 Å². The molecule has 0 bridgehead atoms. The molecule has 0 saturated carbocycles. The minimum absolute atomic E-state index is 0.355. The van der Waals surface area contributed by atoms with E-state index in [1.165, 1.54) is 42.6 Å². The average Bonchev–Trinajstić information content (AvgIpc) is 2.85. The van der Waals surface area contributed by atoms with E-state index in [1.807, 2.05) is 12.1 Å². The Morgan fingerprint density at radius 2 is 1.83 bits per heavy atom. The van der Waals surface area contributed by atoms with Gasteiger partial charge in [-0.2, -0.15) is 0 Å². The van der Waals surface area contributed by atoms with Crippen LogP contribution >= 0.6 is 0 Å². The van der Waals surface area contributed by atoms with E-state index in [2.05, 4.69) is 4.90 Å². The van der Waals surface area contributed by atoms with Gasteiger partial charge in [-0.25, -0.2) is 4.79 Å². The van der Waals surface area contributed by atoms with Crippen molar-refractivity contribution in [3.05, 3.63) is 35.0 Å². The first kappa shape index (κ1) is 14.5. The van der Waals surface area contributed by atoms with E-state index in [1.54, 1.807) is 6.07 Å². The first-order valence-electron chi connectivity index (χ1n) is 8.68. The molecule has 1 saturated heterocycles. The molecule has 0 amide bonds. The molecule has 1 aromatic heterocycles. The highest BCUT2D eigenvalue weighted by Gasteiger charge is 2.24. The Kier molecular flexibility index (Phi) is 3.68. The summed E-state index contributed by atoms with van der Waals surface area (Å²) < 4.78 is 0. The van der Waals surface area contributed by atoms with E-state index in [4.69, 9.17) is 4.98 Å². The van der Waals surface area contributed by atoms with Gasteiger partial charge < -0.3 is 10.0 Å². The number of aromatic nitrogens is 1. The Bertz CT molecular complexity index is 762. The van der Waals surface area contributed by atoms with Gasteiger partial charge in [0.25, 0.3) is 0 Å². The van der Waals surface area contributed by atoms with Crippen molar-refractivity contribution in [2.45, 2.75) is 44.9 Å². The molecule has 4 nitrogen and oxygen atoms in total. The SMILES string of the molecule is O=C(O)c1ccc2nc3c(c(N4CCCCCC4)c2c1)CCC3. The zero-order valence-electron chi connectivity index (χ0n) is 13.3. The number of anilines is 1. The van der Waals surface area contributed by atoms with Crippen molar-refractivity contribution in [2.24, 2.45) is 0 Å². The van der Waals surface area contributed by atoms with E-state index < -0.39 is 5.97 Å². The third-order valence-electron chi connectivity index (χ3n) is 5.15. The topological polar surface area (TPSA) is 53.4 Å². The van der Waals surface area contributed by atoms with Crippen LogP contribution in [-0.4, -0.2) is 29.1 Å². The second-order valence-electron chi connectivity index (χ2n) is 6.68. The molecule has 1 fully saturated rings. The summed E-state index contributed by atoms with van der Waals surface area (Å²) >= 11 is 0. The summed E-state index contributed by atoms with van der Waals surface area (Å²) in [6.07, 6.45) is 8.30. The molecular formula is C19H22N2O2. The van der Waals surface area contributed by atoms with Crippen LogP contribution in [0.25, 0.3) is 10.9 Å². The van der Waals surface area contributed by atoms with Crippen LogP contribution in [0, 0.1) is 0 Å². The number of carboxylic acid groups (broad SMARTS) is 1. The van der Waals surface area contributed by atoms with Gasteiger partial charge in [0.15, 0.2) is 0 Å². The normalized spacial score (nSPS) is 18.0. The Morgan fingerprint density at radius 3 is 2.57 bits per heavy atom. The quantitative estimate of drug-likeness (QED) is 0.916. The number of hydrogen-bond acceptors (Lipinski definition) is 3. The maximum Gasteiger partial charge on any atom is 0.335 e. The molecule has 2 heterocycles. The van der Waals surface area contributed by atoms with E-state index >= 15 is 0 Å². The lowest BCUT2D eigenvalue weighted by molar-refractivity contribution is 0.0697. The molecule has 2 aromatic rings. The second kappa shape index (κ2) is 5.84. The van der Waals surface area contributed by atoms with Crippen LogP contribution in [-0.2, 0) is 12.8 Å². The molecule has 1 aliphatic carbocycles. The maximum absolute atomic E-state index is 11.4. The minimum Gasteiger partial charge on any atom is -0.478 e. The summed E-state index contributed by atoms with van der Waals surface area (Å²) in [5.41, 5.74) is 5.15. The number of aryl methyl sites for hydroxylation is 1. The zero-order chi connectivity index (χ0) is 15.8. The van der Waals surface area contributed by atoms with Gasteiger partial charge >= 0.3 is 5.97 Å². The molecule has 1 aliphatic heterocycles. The lowest BCUT2D eigenvalue weighted by Crippen LogP contribution is -2.25. The fourth-order valence-corrected chi connectivity index (χ4v) is 4.03. The first-order valence-corrected chi connectivity index (χ1v) is 8.68. The van der Waals surface area contributed by atoms with Crippen molar-refractivity contribution in [3.63, 3.8) is 0 Å². The van der Waals surface area contributed by atoms with Crippen molar-refractivity contribution < 1.29 is 9.90 Å². The number of aromatic carboxylic acids is 1. The number of hydrogen-bond donors (Lipinski definition) is 1. The molecule has 4 rings (SSSR count). The van der Waals surface area contributed by atoms with E-state index in [0.717, 1.165) is 43.3 Å². The highest BCUT2D eigenvalue weighted by molar-refractivity contribution is 5.99. The lowest BCUT2D eigenvalue weighted by atomic mass is 10.0. The maximum atomic E-state index is 11.4. The standard InChI is InChI=1S/C19H22N2O2/c22-19(23)13-8-9-17-15(12-13)18(14-6-5-7-16(14)20-17)21-10-3-1-2-4-11-21/h8-9,12H,1-7,10-11H2,(H,22,23). The number of carboxylic acids is 1. The van der Waals surface area contributed by atoms with Crippen LogP contribution in [0.5, 0.6) is 0 Å². The van der Waals surface area contributed by atoms with Crippen molar-refractivity contribution in [1.82, 2.24) is 4.98 Å². The zero-order valence-corrected chi connectivity index (χ0v) is 13.3. The van der Waals surface area contributed by atoms with E-state index in [-0.39, 0.29) is 0 Å². The minimum atomic E-state index is -0.866. The number of fused-ring (bicyclic) bond motifs is 2. The van der Waals surface area contributed by atoms with Crippen LogP contribution in [0.3, 0.4) is 0 Å². The first-order chi connectivity index (χ1) is 11.2. The van der Waals surface area contributed by atoms with Gasteiger partial charge in [-0.05, 0) is 55.9 Å². The summed E-state index contributed by atoms with van der Waals surface area (Å²) in [5.74, 6) is -0.866. The summed E-state index contributed by atoms with van der Waals surface area (Å²) in [4.78, 5) is 18.7. The molecule has 0 atom stereocenters. The van der Waals surface area contributed by atoms with Crippen molar-refractivity contribution >= 4 is 22.6 Å². The number of carbonyl (C=O) groups is 1. The number of pyridine rings is 1. The lowest BCUT2D eigenvalue weighted by Gasteiger charge is -2.27. The monoisotopic (exact) mass is 310 g/mol.